The molecule has 1 aliphatic rings. The Morgan fingerprint density at radius 3 is 3.00 bits per heavy atom. The van der Waals surface area contributed by atoms with E-state index < -0.39 is 0 Å². The Bertz CT molecular complexity index is 816. The molecule has 2 aromatic heterocycles. The fourth-order valence-electron chi connectivity index (χ4n) is 3.33. The van der Waals surface area contributed by atoms with Gasteiger partial charge in [0.25, 0.3) is 0 Å². The number of hydrogen-bond donors (Lipinski definition) is 1. The number of nitrogens with one attached hydrogen (secondary N) is 1. The van der Waals surface area contributed by atoms with Crippen molar-refractivity contribution in [3.63, 3.8) is 0 Å². The normalized spacial score (nSPS) is 15.3. The minimum absolute atomic E-state index is 0.952. The first-order valence-electron chi connectivity index (χ1n) is 7.45. The van der Waals surface area contributed by atoms with Crippen LogP contribution in [0.3, 0.4) is 0 Å². The van der Waals surface area contributed by atoms with Crippen molar-refractivity contribution in [3.8, 4) is 11.1 Å². The second kappa shape index (κ2) is 4.71. The molecule has 21 heavy (non-hydrogen) atoms. The molecule has 0 radical (unpaired) electrons. The summed E-state index contributed by atoms with van der Waals surface area (Å²) in [5, 5.41) is 1.17. The van der Waals surface area contributed by atoms with Gasteiger partial charge < -0.3 is 9.88 Å². The van der Waals surface area contributed by atoms with Gasteiger partial charge in [-0.25, -0.2) is 4.98 Å². The molecule has 106 valence electrons. The number of H-pyrrole nitrogens is 1. The molecule has 0 saturated heterocycles. The first-order valence-corrected chi connectivity index (χ1v) is 7.45. The quantitative estimate of drug-likeness (QED) is 0.738. The van der Waals surface area contributed by atoms with E-state index in [0.717, 1.165) is 25.2 Å². The van der Waals surface area contributed by atoms with Gasteiger partial charge in [0.1, 0.15) is 5.65 Å². The third-order valence-electron chi connectivity index (χ3n) is 4.48. The van der Waals surface area contributed by atoms with Crippen molar-refractivity contribution in [1.82, 2.24) is 14.9 Å². The molecular formula is C18H19N3. The van der Waals surface area contributed by atoms with Crippen LogP contribution in [0, 0.1) is 6.92 Å². The molecule has 0 amide bonds. The summed E-state index contributed by atoms with van der Waals surface area (Å²) in [5.41, 5.74) is 7.83. The molecule has 4 rings (SSSR count). The summed E-state index contributed by atoms with van der Waals surface area (Å²) in [6.07, 6.45) is 5.06. The lowest BCUT2D eigenvalue weighted by atomic mass is 9.91. The molecule has 0 unspecified atom stereocenters. The molecule has 0 fully saturated rings. The maximum Gasteiger partial charge on any atom is 0.137 e. The summed E-state index contributed by atoms with van der Waals surface area (Å²) in [6, 6.07) is 8.94. The van der Waals surface area contributed by atoms with Crippen molar-refractivity contribution in [2.45, 2.75) is 19.9 Å². The lowest BCUT2D eigenvalue weighted by Gasteiger charge is -2.27. The Hall–Kier alpha value is -2.13. The van der Waals surface area contributed by atoms with E-state index in [4.69, 9.17) is 0 Å². The van der Waals surface area contributed by atoms with Gasteiger partial charge in [-0.1, -0.05) is 6.07 Å². The number of aryl methyl sites for hydroxylation is 1. The van der Waals surface area contributed by atoms with Crippen molar-refractivity contribution in [2.75, 3.05) is 13.6 Å². The first kappa shape index (κ1) is 12.6. The van der Waals surface area contributed by atoms with Gasteiger partial charge in [-0.05, 0) is 60.8 Å². The van der Waals surface area contributed by atoms with Gasteiger partial charge in [-0.2, -0.15) is 0 Å². The highest BCUT2D eigenvalue weighted by atomic mass is 15.1. The minimum atomic E-state index is 0.952. The van der Waals surface area contributed by atoms with E-state index >= 15 is 0 Å². The molecule has 0 atom stereocenters. The summed E-state index contributed by atoms with van der Waals surface area (Å²) >= 11 is 0. The zero-order valence-corrected chi connectivity index (χ0v) is 12.5. The molecule has 3 nitrogen and oxygen atoms in total. The van der Waals surface area contributed by atoms with E-state index in [1.165, 1.54) is 33.2 Å². The van der Waals surface area contributed by atoms with Gasteiger partial charge >= 0.3 is 0 Å². The van der Waals surface area contributed by atoms with E-state index in [1.54, 1.807) is 0 Å². The second-order valence-corrected chi connectivity index (χ2v) is 6.06. The Labute approximate surface area is 124 Å². The summed E-state index contributed by atoms with van der Waals surface area (Å²) < 4.78 is 0. The van der Waals surface area contributed by atoms with Gasteiger partial charge in [0.15, 0.2) is 0 Å². The van der Waals surface area contributed by atoms with Gasteiger partial charge in [0, 0.05) is 36.4 Å². The van der Waals surface area contributed by atoms with Crippen LogP contribution < -0.4 is 0 Å². The van der Waals surface area contributed by atoms with Crippen molar-refractivity contribution in [2.24, 2.45) is 0 Å². The Kier molecular flexibility index (Phi) is 2.82. The number of aromatic nitrogens is 2. The Balaban J connectivity index is 1.84. The number of hydrogen-bond acceptors (Lipinski definition) is 2. The van der Waals surface area contributed by atoms with Gasteiger partial charge in [0.05, 0.1) is 0 Å². The highest BCUT2D eigenvalue weighted by Crippen LogP contribution is 2.29. The predicted molar refractivity (Wildman–Crippen MR) is 86.3 cm³/mol. The largest absolute Gasteiger partial charge is 0.346 e. The van der Waals surface area contributed by atoms with Crippen molar-refractivity contribution in [3.05, 3.63) is 53.3 Å². The molecule has 1 aliphatic heterocycles. The predicted octanol–water partition coefficient (Wildman–Crippen LogP) is 3.53. The molecule has 1 N–H and O–H groups in total. The summed E-state index contributed by atoms with van der Waals surface area (Å²) in [7, 11) is 2.19. The molecule has 0 spiro atoms. The number of aromatic amines is 1. The maximum absolute atomic E-state index is 4.51. The fraction of sp³-hybridized carbons (Fsp3) is 0.278. The SMILES string of the molecule is Cc1cc(-c2cnc3[nH]ccc3c2)cc2c1CCN(C)C2. The van der Waals surface area contributed by atoms with Crippen LogP contribution in [0.15, 0.2) is 36.7 Å². The van der Waals surface area contributed by atoms with Crippen LogP contribution in [-0.4, -0.2) is 28.5 Å². The third-order valence-corrected chi connectivity index (χ3v) is 4.48. The van der Waals surface area contributed by atoms with Gasteiger partial charge in [-0.15, -0.1) is 0 Å². The van der Waals surface area contributed by atoms with Crippen LogP contribution in [0.1, 0.15) is 16.7 Å². The standard InChI is InChI=1S/C18H19N3/c1-12-7-14(9-16-11-21(2)6-4-17(12)16)15-8-13-3-5-19-18(13)20-10-15/h3,5,7-10H,4,6,11H2,1-2H3,(H,19,20). The molecule has 3 heterocycles. The molecule has 0 bridgehead atoms. The summed E-state index contributed by atoms with van der Waals surface area (Å²) in [6.45, 7) is 4.43. The smallest absolute Gasteiger partial charge is 0.137 e. The number of rotatable bonds is 1. The number of nitrogens with zero attached hydrogens (tertiary/aromatic N) is 2. The van der Waals surface area contributed by atoms with E-state index in [9.17, 15) is 0 Å². The average Bonchev–Trinajstić information content (AvgIpc) is 2.94. The topological polar surface area (TPSA) is 31.9 Å². The molecule has 3 heteroatoms. The van der Waals surface area contributed by atoms with Crippen LogP contribution in [0.2, 0.25) is 0 Å². The Morgan fingerprint density at radius 2 is 2.10 bits per heavy atom. The van der Waals surface area contributed by atoms with Crippen molar-refractivity contribution < 1.29 is 0 Å². The second-order valence-electron chi connectivity index (χ2n) is 6.06. The van der Waals surface area contributed by atoms with Gasteiger partial charge in [0.2, 0.25) is 0 Å². The summed E-state index contributed by atoms with van der Waals surface area (Å²) in [5.74, 6) is 0. The maximum atomic E-state index is 4.51. The van der Waals surface area contributed by atoms with Crippen LogP contribution in [-0.2, 0) is 13.0 Å². The van der Waals surface area contributed by atoms with Crippen molar-refractivity contribution >= 4 is 11.0 Å². The minimum Gasteiger partial charge on any atom is -0.346 e. The molecule has 3 aromatic rings. The zero-order chi connectivity index (χ0) is 14.4. The number of benzene rings is 1. The molecule has 1 aromatic carbocycles. The van der Waals surface area contributed by atoms with E-state index in [-0.39, 0.29) is 0 Å². The highest BCUT2D eigenvalue weighted by Gasteiger charge is 2.16. The number of pyridine rings is 1. The third kappa shape index (κ3) is 2.14. The van der Waals surface area contributed by atoms with E-state index in [1.807, 2.05) is 12.4 Å². The monoisotopic (exact) mass is 277 g/mol. The lowest BCUT2D eigenvalue weighted by Crippen LogP contribution is -2.27. The summed E-state index contributed by atoms with van der Waals surface area (Å²) in [4.78, 5) is 10.0. The zero-order valence-electron chi connectivity index (χ0n) is 12.5. The van der Waals surface area contributed by atoms with Gasteiger partial charge in [-0.3, -0.25) is 0 Å². The fourth-order valence-corrected chi connectivity index (χ4v) is 3.33. The van der Waals surface area contributed by atoms with Crippen LogP contribution >= 0.6 is 0 Å². The average molecular weight is 277 g/mol. The Morgan fingerprint density at radius 1 is 1.19 bits per heavy atom. The van der Waals surface area contributed by atoms with Crippen LogP contribution in [0.4, 0.5) is 0 Å². The van der Waals surface area contributed by atoms with Crippen LogP contribution in [0.5, 0.6) is 0 Å². The number of fused-ring (bicyclic) bond motifs is 2. The van der Waals surface area contributed by atoms with E-state index in [0.29, 0.717) is 0 Å². The highest BCUT2D eigenvalue weighted by molar-refractivity contribution is 5.81. The molecule has 0 aliphatic carbocycles. The lowest BCUT2D eigenvalue weighted by molar-refractivity contribution is 0.312. The van der Waals surface area contributed by atoms with E-state index in [2.05, 4.69) is 53.1 Å². The number of likely N-dealkylation sites (N-methyl/N-ethyl adjacent to an activating group) is 1. The van der Waals surface area contributed by atoms with Crippen LogP contribution in [0.25, 0.3) is 22.2 Å². The first-order chi connectivity index (χ1) is 10.2. The molecule has 0 saturated carbocycles. The molecular weight excluding hydrogens is 258 g/mol. The van der Waals surface area contributed by atoms with Crippen molar-refractivity contribution in [1.29, 1.82) is 0 Å².